The van der Waals surface area contributed by atoms with Crippen molar-refractivity contribution in [2.45, 2.75) is 53.1 Å². The summed E-state index contributed by atoms with van der Waals surface area (Å²) in [6, 6.07) is 0.492. The molecule has 0 saturated heterocycles. The third-order valence-electron chi connectivity index (χ3n) is 2.73. The lowest BCUT2D eigenvalue weighted by Gasteiger charge is -2.10. The van der Waals surface area contributed by atoms with Crippen LogP contribution in [-0.4, -0.2) is 21.5 Å². The van der Waals surface area contributed by atoms with Crippen LogP contribution < -0.4 is 5.32 Å². The van der Waals surface area contributed by atoms with Crippen LogP contribution in [0.15, 0.2) is 6.20 Å². The molecule has 0 aliphatic heterocycles. The molecule has 0 spiro atoms. The molecule has 0 bridgehead atoms. The Morgan fingerprint density at radius 1 is 1.31 bits per heavy atom. The van der Waals surface area contributed by atoms with Crippen LogP contribution in [0.2, 0.25) is 0 Å². The lowest BCUT2D eigenvalue weighted by atomic mass is 10.2. The van der Waals surface area contributed by atoms with Gasteiger partial charge in [0, 0.05) is 6.54 Å². The van der Waals surface area contributed by atoms with Gasteiger partial charge in [0.05, 0.1) is 17.9 Å². The highest BCUT2D eigenvalue weighted by molar-refractivity contribution is 4.92. The van der Waals surface area contributed by atoms with Gasteiger partial charge in [-0.25, -0.2) is 4.68 Å². The molecule has 16 heavy (non-hydrogen) atoms. The summed E-state index contributed by atoms with van der Waals surface area (Å²) in [4.78, 5) is 0. The lowest BCUT2D eigenvalue weighted by Crippen LogP contribution is -2.19. The predicted octanol–water partition coefficient (Wildman–Crippen LogP) is 2.38. The summed E-state index contributed by atoms with van der Waals surface area (Å²) in [5.74, 6) is 0.675. The minimum atomic E-state index is 0.492. The van der Waals surface area contributed by atoms with Crippen LogP contribution in [-0.2, 0) is 6.54 Å². The Kier molecular flexibility index (Phi) is 5.46. The van der Waals surface area contributed by atoms with E-state index in [0.717, 1.165) is 31.6 Å². The van der Waals surface area contributed by atoms with Gasteiger partial charge in [0.2, 0.25) is 0 Å². The summed E-state index contributed by atoms with van der Waals surface area (Å²) in [7, 11) is 0. The molecule has 1 rings (SSSR count). The first-order chi connectivity index (χ1) is 7.67. The fraction of sp³-hybridized carbons (Fsp3) is 0.833. The molecular weight excluding hydrogens is 200 g/mol. The first-order valence-electron chi connectivity index (χ1n) is 6.28. The Morgan fingerprint density at radius 3 is 2.56 bits per heavy atom. The third kappa shape index (κ3) is 3.93. The molecule has 0 aliphatic carbocycles. The van der Waals surface area contributed by atoms with Crippen molar-refractivity contribution in [3.63, 3.8) is 0 Å². The SMILES string of the molecule is CCC(CC)n1cc(CNCC(C)C)nn1. The van der Waals surface area contributed by atoms with Gasteiger partial charge in [-0.1, -0.05) is 32.9 Å². The van der Waals surface area contributed by atoms with E-state index in [1.165, 1.54) is 0 Å². The van der Waals surface area contributed by atoms with E-state index in [1.807, 2.05) is 4.68 Å². The van der Waals surface area contributed by atoms with Crippen molar-refractivity contribution >= 4 is 0 Å². The van der Waals surface area contributed by atoms with E-state index < -0.39 is 0 Å². The van der Waals surface area contributed by atoms with Gasteiger partial charge in [0.25, 0.3) is 0 Å². The molecule has 4 nitrogen and oxygen atoms in total. The van der Waals surface area contributed by atoms with Crippen molar-refractivity contribution in [3.05, 3.63) is 11.9 Å². The second-order valence-corrected chi connectivity index (χ2v) is 4.68. The van der Waals surface area contributed by atoms with Crippen molar-refractivity contribution in [3.8, 4) is 0 Å². The van der Waals surface area contributed by atoms with Crippen LogP contribution in [0.1, 0.15) is 52.3 Å². The van der Waals surface area contributed by atoms with E-state index >= 15 is 0 Å². The predicted molar refractivity (Wildman–Crippen MR) is 66.2 cm³/mol. The Bertz CT molecular complexity index is 289. The minimum absolute atomic E-state index is 0.492. The maximum Gasteiger partial charge on any atom is 0.0964 e. The molecule has 0 atom stereocenters. The van der Waals surface area contributed by atoms with Crippen LogP contribution in [0, 0.1) is 5.92 Å². The van der Waals surface area contributed by atoms with E-state index in [1.54, 1.807) is 0 Å². The molecule has 0 saturated carbocycles. The Hall–Kier alpha value is -0.900. The highest BCUT2D eigenvalue weighted by Crippen LogP contribution is 2.13. The number of hydrogen-bond acceptors (Lipinski definition) is 3. The molecule has 1 aromatic rings. The van der Waals surface area contributed by atoms with Crippen molar-refractivity contribution < 1.29 is 0 Å². The van der Waals surface area contributed by atoms with E-state index in [9.17, 15) is 0 Å². The molecule has 4 heteroatoms. The van der Waals surface area contributed by atoms with Gasteiger partial charge in [-0.05, 0) is 25.3 Å². The van der Waals surface area contributed by atoms with Gasteiger partial charge in [-0.15, -0.1) is 5.10 Å². The zero-order chi connectivity index (χ0) is 12.0. The topological polar surface area (TPSA) is 42.7 Å². The summed E-state index contributed by atoms with van der Waals surface area (Å²) in [6.45, 7) is 10.6. The zero-order valence-corrected chi connectivity index (χ0v) is 10.9. The van der Waals surface area contributed by atoms with E-state index in [2.05, 4.69) is 49.5 Å². The van der Waals surface area contributed by atoms with Crippen LogP contribution in [0.3, 0.4) is 0 Å². The van der Waals surface area contributed by atoms with Gasteiger partial charge in [0.15, 0.2) is 0 Å². The standard InChI is InChI=1S/C12H24N4/c1-5-12(6-2)16-9-11(14-15-16)8-13-7-10(3)4/h9-10,12-13H,5-8H2,1-4H3. The fourth-order valence-electron chi connectivity index (χ4n) is 1.72. The van der Waals surface area contributed by atoms with Crippen molar-refractivity contribution in [2.24, 2.45) is 5.92 Å². The van der Waals surface area contributed by atoms with Gasteiger partial charge in [-0.3, -0.25) is 0 Å². The summed E-state index contributed by atoms with van der Waals surface area (Å²) in [5, 5.41) is 11.7. The van der Waals surface area contributed by atoms with E-state index in [4.69, 9.17) is 0 Å². The maximum absolute atomic E-state index is 4.18. The zero-order valence-electron chi connectivity index (χ0n) is 10.9. The summed E-state index contributed by atoms with van der Waals surface area (Å²) in [5.41, 5.74) is 1.03. The van der Waals surface area contributed by atoms with Gasteiger partial charge < -0.3 is 5.32 Å². The summed E-state index contributed by atoms with van der Waals surface area (Å²) >= 11 is 0. The second kappa shape index (κ2) is 6.63. The van der Waals surface area contributed by atoms with Gasteiger partial charge in [0.1, 0.15) is 0 Å². The fourth-order valence-corrected chi connectivity index (χ4v) is 1.72. The Balaban J connectivity index is 2.44. The molecule has 0 fully saturated rings. The van der Waals surface area contributed by atoms with Crippen LogP contribution in [0.25, 0.3) is 0 Å². The normalized spacial score (nSPS) is 11.6. The summed E-state index contributed by atoms with van der Waals surface area (Å²) in [6.07, 6.45) is 4.28. The minimum Gasteiger partial charge on any atom is -0.311 e. The van der Waals surface area contributed by atoms with Crippen LogP contribution in [0.5, 0.6) is 0 Å². The molecule has 1 aromatic heterocycles. The molecule has 92 valence electrons. The quantitative estimate of drug-likeness (QED) is 0.773. The molecule has 1 N–H and O–H groups in total. The molecule has 0 amide bonds. The molecule has 0 aromatic carbocycles. The highest BCUT2D eigenvalue weighted by Gasteiger charge is 2.08. The number of nitrogens with one attached hydrogen (secondary N) is 1. The number of aromatic nitrogens is 3. The number of hydrogen-bond donors (Lipinski definition) is 1. The third-order valence-corrected chi connectivity index (χ3v) is 2.73. The van der Waals surface area contributed by atoms with Crippen molar-refractivity contribution in [1.29, 1.82) is 0 Å². The average Bonchev–Trinajstić information content (AvgIpc) is 2.68. The monoisotopic (exact) mass is 224 g/mol. The average molecular weight is 224 g/mol. The largest absolute Gasteiger partial charge is 0.311 e. The Morgan fingerprint density at radius 2 is 2.00 bits per heavy atom. The lowest BCUT2D eigenvalue weighted by molar-refractivity contribution is 0.418. The summed E-state index contributed by atoms with van der Waals surface area (Å²) < 4.78 is 1.99. The first kappa shape index (κ1) is 13.2. The van der Waals surface area contributed by atoms with Crippen molar-refractivity contribution in [1.82, 2.24) is 20.3 Å². The first-order valence-corrected chi connectivity index (χ1v) is 6.28. The second-order valence-electron chi connectivity index (χ2n) is 4.68. The molecule has 0 unspecified atom stereocenters. The van der Waals surface area contributed by atoms with E-state index in [0.29, 0.717) is 12.0 Å². The smallest absolute Gasteiger partial charge is 0.0964 e. The number of rotatable bonds is 7. The van der Waals surface area contributed by atoms with Crippen molar-refractivity contribution in [2.75, 3.05) is 6.54 Å². The molecule has 1 heterocycles. The number of nitrogens with zero attached hydrogens (tertiary/aromatic N) is 3. The van der Waals surface area contributed by atoms with Gasteiger partial charge >= 0.3 is 0 Å². The van der Waals surface area contributed by atoms with Crippen LogP contribution in [0.4, 0.5) is 0 Å². The Labute approximate surface area is 98.4 Å². The molecular formula is C12H24N4. The molecule has 0 aliphatic rings. The highest BCUT2D eigenvalue weighted by atomic mass is 15.4. The van der Waals surface area contributed by atoms with Crippen LogP contribution >= 0.6 is 0 Å². The maximum atomic E-state index is 4.18. The van der Waals surface area contributed by atoms with E-state index in [-0.39, 0.29) is 0 Å². The molecule has 0 radical (unpaired) electrons. The van der Waals surface area contributed by atoms with Gasteiger partial charge in [-0.2, -0.15) is 0 Å².